The lowest BCUT2D eigenvalue weighted by Gasteiger charge is -2.37. The van der Waals surface area contributed by atoms with E-state index < -0.39 is 5.54 Å². The van der Waals surface area contributed by atoms with Crippen molar-refractivity contribution >= 4 is 11.8 Å². The van der Waals surface area contributed by atoms with E-state index in [4.69, 9.17) is 5.73 Å². The SMILES string of the molecule is CC1(N)CCCCC1C(=O)NC1CC(=O)N(C2CCCCC2)C1. The van der Waals surface area contributed by atoms with Crippen molar-refractivity contribution in [3.8, 4) is 0 Å². The molecule has 23 heavy (non-hydrogen) atoms. The van der Waals surface area contributed by atoms with Crippen LogP contribution in [0.4, 0.5) is 0 Å². The van der Waals surface area contributed by atoms with E-state index in [1.54, 1.807) is 0 Å². The number of nitrogens with zero attached hydrogens (tertiary/aromatic N) is 1. The molecule has 2 aliphatic carbocycles. The molecule has 1 heterocycles. The fourth-order valence-corrected chi connectivity index (χ4v) is 4.66. The van der Waals surface area contributed by atoms with E-state index >= 15 is 0 Å². The predicted molar refractivity (Wildman–Crippen MR) is 89.7 cm³/mol. The second-order valence-corrected chi connectivity index (χ2v) is 8.05. The number of amides is 2. The van der Waals surface area contributed by atoms with Gasteiger partial charge in [0, 0.05) is 24.5 Å². The third-order valence-electron chi connectivity index (χ3n) is 6.09. The summed E-state index contributed by atoms with van der Waals surface area (Å²) in [5.41, 5.74) is 5.92. The molecule has 130 valence electrons. The fraction of sp³-hybridized carbons (Fsp3) is 0.889. The van der Waals surface area contributed by atoms with Crippen molar-refractivity contribution in [2.75, 3.05) is 6.54 Å². The van der Waals surface area contributed by atoms with Crippen molar-refractivity contribution in [3.05, 3.63) is 0 Å². The number of hydrogen-bond acceptors (Lipinski definition) is 3. The molecule has 5 heteroatoms. The molecule has 0 radical (unpaired) electrons. The number of nitrogens with two attached hydrogens (primary N) is 1. The molecule has 3 fully saturated rings. The molecule has 1 aliphatic heterocycles. The monoisotopic (exact) mass is 321 g/mol. The maximum Gasteiger partial charge on any atom is 0.225 e. The van der Waals surface area contributed by atoms with Crippen LogP contribution in [0.25, 0.3) is 0 Å². The molecule has 0 aromatic rings. The van der Waals surface area contributed by atoms with E-state index in [9.17, 15) is 9.59 Å². The third-order valence-corrected chi connectivity index (χ3v) is 6.09. The molecule has 2 saturated carbocycles. The molecule has 3 rings (SSSR count). The molecular weight excluding hydrogens is 290 g/mol. The molecule has 3 N–H and O–H groups in total. The standard InChI is InChI=1S/C18H31N3O2/c1-18(19)10-6-5-9-15(18)17(23)20-13-11-16(22)21(12-13)14-7-3-2-4-8-14/h13-15H,2-12,19H2,1H3,(H,20,23). The lowest BCUT2D eigenvalue weighted by molar-refractivity contribution is -0.130. The smallest absolute Gasteiger partial charge is 0.225 e. The van der Waals surface area contributed by atoms with Crippen molar-refractivity contribution < 1.29 is 9.59 Å². The topological polar surface area (TPSA) is 75.4 Å². The van der Waals surface area contributed by atoms with Crippen molar-refractivity contribution in [1.29, 1.82) is 0 Å². The van der Waals surface area contributed by atoms with Gasteiger partial charge in [-0.15, -0.1) is 0 Å². The fourth-order valence-electron chi connectivity index (χ4n) is 4.66. The molecule has 0 aromatic carbocycles. The van der Waals surface area contributed by atoms with E-state index in [1.807, 2.05) is 11.8 Å². The second-order valence-electron chi connectivity index (χ2n) is 8.05. The van der Waals surface area contributed by atoms with Crippen molar-refractivity contribution in [1.82, 2.24) is 10.2 Å². The zero-order chi connectivity index (χ0) is 16.4. The lowest BCUT2D eigenvalue weighted by Crippen LogP contribution is -2.54. The van der Waals surface area contributed by atoms with Gasteiger partial charge in [0.15, 0.2) is 0 Å². The average molecular weight is 321 g/mol. The van der Waals surface area contributed by atoms with Crippen LogP contribution in [-0.2, 0) is 9.59 Å². The minimum absolute atomic E-state index is 0.0327. The summed E-state index contributed by atoms with van der Waals surface area (Å²) in [6.45, 7) is 2.67. The Kier molecular flexibility index (Phi) is 4.95. The molecule has 0 aromatic heterocycles. The summed E-state index contributed by atoms with van der Waals surface area (Å²) in [7, 11) is 0. The van der Waals surface area contributed by atoms with E-state index in [-0.39, 0.29) is 23.8 Å². The number of likely N-dealkylation sites (tertiary alicyclic amines) is 1. The van der Waals surface area contributed by atoms with Crippen LogP contribution in [0.1, 0.15) is 71.1 Å². The van der Waals surface area contributed by atoms with E-state index in [0.29, 0.717) is 19.0 Å². The first-order valence-corrected chi connectivity index (χ1v) is 9.36. The molecule has 0 spiro atoms. The summed E-state index contributed by atoms with van der Waals surface area (Å²) >= 11 is 0. The summed E-state index contributed by atoms with van der Waals surface area (Å²) in [6.07, 6.45) is 10.4. The molecule has 2 amide bonds. The van der Waals surface area contributed by atoms with Crippen molar-refractivity contribution in [3.63, 3.8) is 0 Å². The maximum atomic E-state index is 12.6. The minimum Gasteiger partial charge on any atom is -0.351 e. The van der Waals surface area contributed by atoms with Gasteiger partial charge in [-0.25, -0.2) is 0 Å². The Labute approximate surface area is 139 Å². The second kappa shape index (κ2) is 6.80. The normalized spacial score (nSPS) is 36.3. The summed E-state index contributed by atoms with van der Waals surface area (Å²) in [6, 6.07) is 0.363. The van der Waals surface area contributed by atoms with Crippen molar-refractivity contribution in [2.45, 2.75) is 88.8 Å². The van der Waals surface area contributed by atoms with Gasteiger partial charge in [0.2, 0.25) is 11.8 Å². The van der Waals surface area contributed by atoms with Crippen LogP contribution in [0.15, 0.2) is 0 Å². The Morgan fingerprint density at radius 1 is 1.17 bits per heavy atom. The lowest BCUT2D eigenvalue weighted by atomic mass is 9.74. The average Bonchev–Trinajstić information content (AvgIpc) is 2.88. The van der Waals surface area contributed by atoms with Crippen LogP contribution >= 0.6 is 0 Å². The highest BCUT2D eigenvalue weighted by atomic mass is 16.2. The summed E-state index contributed by atoms with van der Waals surface area (Å²) in [4.78, 5) is 27.0. The Balaban J connectivity index is 1.56. The van der Waals surface area contributed by atoms with Gasteiger partial charge in [-0.2, -0.15) is 0 Å². The minimum atomic E-state index is -0.409. The van der Waals surface area contributed by atoms with Crippen LogP contribution in [0.5, 0.6) is 0 Å². The molecule has 3 aliphatic rings. The number of carbonyl (C=O) groups is 2. The Morgan fingerprint density at radius 2 is 1.87 bits per heavy atom. The molecule has 5 nitrogen and oxygen atoms in total. The molecule has 3 atom stereocenters. The van der Waals surface area contributed by atoms with Gasteiger partial charge in [-0.05, 0) is 32.6 Å². The Morgan fingerprint density at radius 3 is 2.57 bits per heavy atom. The summed E-state index contributed by atoms with van der Waals surface area (Å²) < 4.78 is 0. The highest BCUT2D eigenvalue weighted by Crippen LogP contribution is 2.32. The number of nitrogens with one attached hydrogen (secondary N) is 1. The van der Waals surface area contributed by atoms with Crippen LogP contribution < -0.4 is 11.1 Å². The first kappa shape index (κ1) is 16.7. The zero-order valence-electron chi connectivity index (χ0n) is 14.4. The van der Waals surface area contributed by atoms with Crippen LogP contribution in [0, 0.1) is 5.92 Å². The van der Waals surface area contributed by atoms with Gasteiger partial charge in [0.25, 0.3) is 0 Å². The Hall–Kier alpha value is -1.10. The summed E-state index contributed by atoms with van der Waals surface area (Å²) in [5, 5.41) is 3.12. The largest absolute Gasteiger partial charge is 0.351 e. The van der Waals surface area contributed by atoms with Gasteiger partial charge in [0.1, 0.15) is 0 Å². The summed E-state index contributed by atoms with van der Waals surface area (Å²) in [5.74, 6) is 0.148. The van der Waals surface area contributed by atoms with Gasteiger partial charge < -0.3 is 16.0 Å². The highest BCUT2D eigenvalue weighted by Gasteiger charge is 2.40. The van der Waals surface area contributed by atoms with Crippen molar-refractivity contribution in [2.24, 2.45) is 11.7 Å². The Bertz CT molecular complexity index is 457. The van der Waals surface area contributed by atoms with E-state index in [2.05, 4.69) is 5.32 Å². The van der Waals surface area contributed by atoms with Gasteiger partial charge in [-0.3, -0.25) is 9.59 Å². The zero-order valence-corrected chi connectivity index (χ0v) is 14.4. The van der Waals surface area contributed by atoms with Gasteiger partial charge >= 0.3 is 0 Å². The van der Waals surface area contributed by atoms with Crippen LogP contribution in [0.3, 0.4) is 0 Å². The predicted octanol–water partition coefficient (Wildman–Crippen LogP) is 1.94. The van der Waals surface area contributed by atoms with Gasteiger partial charge in [-0.1, -0.05) is 32.1 Å². The van der Waals surface area contributed by atoms with Gasteiger partial charge in [0.05, 0.1) is 12.0 Å². The highest BCUT2D eigenvalue weighted by molar-refractivity contribution is 5.84. The molecule has 0 bridgehead atoms. The number of hydrogen-bond donors (Lipinski definition) is 2. The number of carbonyl (C=O) groups excluding carboxylic acids is 2. The third kappa shape index (κ3) is 3.70. The van der Waals surface area contributed by atoms with E-state index in [0.717, 1.165) is 38.5 Å². The quantitative estimate of drug-likeness (QED) is 0.834. The maximum absolute atomic E-state index is 12.6. The van der Waals surface area contributed by atoms with Crippen LogP contribution in [0.2, 0.25) is 0 Å². The molecule has 1 saturated heterocycles. The van der Waals surface area contributed by atoms with Crippen LogP contribution in [-0.4, -0.2) is 40.9 Å². The van der Waals surface area contributed by atoms with E-state index in [1.165, 1.54) is 19.3 Å². The first-order chi connectivity index (χ1) is 11.0. The molecular formula is C18H31N3O2. The molecule has 3 unspecified atom stereocenters. The first-order valence-electron chi connectivity index (χ1n) is 9.36. The number of rotatable bonds is 3.